The molecule has 1 saturated heterocycles. The predicted molar refractivity (Wildman–Crippen MR) is 203 cm³/mol. The number of hydrogen-bond acceptors (Lipinski definition) is 5. The molecule has 8 rings (SSSR count). The number of rotatable bonds is 7. The lowest BCUT2D eigenvalue weighted by Crippen LogP contribution is -2.61. The minimum Gasteiger partial charge on any atom is -0.466 e. The van der Waals surface area contributed by atoms with E-state index in [9.17, 15) is 9.59 Å². The third kappa shape index (κ3) is 5.03. The van der Waals surface area contributed by atoms with Crippen LogP contribution in [0.1, 0.15) is 131 Å². The molecule has 2 spiro atoms. The molecule has 1 heterocycles. The van der Waals surface area contributed by atoms with Crippen LogP contribution in [-0.2, 0) is 30.3 Å². The Balaban J connectivity index is 1.05. The zero-order valence-electron chi connectivity index (χ0n) is 33.1. The summed E-state index contributed by atoms with van der Waals surface area (Å²) >= 11 is 0. The normalized spacial score (nSPS) is 42.3. The number of nitrogens with zero attached hydrogens (tertiary/aromatic N) is 1. The molecular formula is C46H65NO5. The number of fused-ring (bicyclic) bond motifs is 4. The number of ether oxygens (including phenoxy) is 2. The van der Waals surface area contributed by atoms with Gasteiger partial charge in [-0.05, 0) is 155 Å². The van der Waals surface area contributed by atoms with Crippen LogP contribution in [-0.4, -0.2) is 48.5 Å². The summed E-state index contributed by atoms with van der Waals surface area (Å²) in [5, 5.41) is 0. The summed E-state index contributed by atoms with van der Waals surface area (Å²) in [6.45, 7) is 19.3. The molecule has 0 radical (unpaired) electrons. The van der Waals surface area contributed by atoms with Crippen LogP contribution in [0, 0.1) is 62.1 Å². The number of esters is 2. The van der Waals surface area contributed by atoms with Crippen molar-refractivity contribution in [3.05, 3.63) is 48.0 Å². The van der Waals surface area contributed by atoms with Gasteiger partial charge in [-0.15, -0.1) is 0 Å². The van der Waals surface area contributed by atoms with Crippen LogP contribution >= 0.6 is 0 Å². The lowest BCUT2D eigenvalue weighted by molar-refractivity contribution is -0.199. The summed E-state index contributed by atoms with van der Waals surface area (Å²) in [6.07, 6.45) is 14.7. The average Bonchev–Trinajstić information content (AvgIpc) is 3.60. The monoisotopic (exact) mass is 711 g/mol. The standard InChI is InChI=1S/C46H65NO5/c1-8-51-40(50)43(28-32-12-10-9-11-13-32)24-26-47(27-25-43)39(49)44-20-16-33(30(2)3)38(44)34-14-15-36-42(7)19-18-37(52-31(4)48)41(5,6)35(42)17-21-46(36)29-45(34,46)23-22-44/h9-13,33-38H,2,8,14-29H2,1,3-7H3/t33-,34+,35-,36+,37?,38+,42-,44-,45-,46-/m0/s1. The van der Waals surface area contributed by atoms with Gasteiger partial charge < -0.3 is 14.4 Å². The minimum atomic E-state index is -0.586. The third-order valence-corrected chi connectivity index (χ3v) is 17.7. The molecule has 6 aliphatic carbocycles. The van der Waals surface area contributed by atoms with Crippen LogP contribution in [0.4, 0.5) is 0 Å². The molecule has 1 aromatic rings. The molecule has 52 heavy (non-hydrogen) atoms. The number of likely N-dealkylation sites (tertiary alicyclic amines) is 1. The number of amides is 1. The quantitative estimate of drug-likeness (QED) is 0.208. The molecule has 7 aliphatic rings. The van der Waals surface area contributed by atoms with E-state index in [-0.39, 0.29) is 34.3 Å². The van der Waals surface area contributed by atoms with E-state index < -0.39 is 5.41 Å². The molecule has 7 fully saturated rings. The van der Waals surface area contributed by atoms with Gasteiger partial charge in [0.05, 0.1) is 17.4 Å². The SMILES string of the molecule is C=C(C)[C@@H]1CC[C@]2(C(=O)N3CCC(Cc4ccccc4)(C(=O)OCC)CC3)CC[C@@]34C[C@]35CC[C@H]3C(C)(C)C(OC(C)=O)CC[C@]3(C)[C@H]5CC[C@@H]4[C@@H]12. The topological polar surface area (TPSA) is 72.9 Å². The Morgan fingerprint density at radius 3 is 2.23 bits per heavy atom. The van der Waals surface area contributed by atoms with Crippen molar-refractivity contribution < 1.29 is 23.9 Å². The number of benzene rings is 1. The average molecular weight is 712 g/mol. The molecule has 0 N–H and O–H groups in total. The second-order valence-electron chi connectivity index (χ2n) is 19.9. The van der Waals surface area contributed by atoms with Crippen LogP contribution in [0.3, 0.4) is 0 Å². The Morgan fingerprint density at radius 2 is 1.56 bits per heavy atom. The van der Waals surface area contributed by atoms with Crippen molar-refractivity contribution in [2.24, 2.45) is 62.1 Å². The van der Waals surface area contributed by atoms with Crippen LogP contribution in [0.25, 0.3) is 0 Å². The lowest BCUT2D eigenvalue weighted by Gasteiger charge is -2.65. The maximum Gasteiger partial charge on any atom is 0.312 e. The first-order valence-electron chi connectivity index (χ1n) is 21.0. The van der Waals surface area contributed by atoms with Crippen molar-refractivity contribution in [1.29, 1.82) is 0 Å². The molecule has 0 aromatic heterocycles. The molecule has 1 aromatic carbocycles. The van der Waals surface area contributed by atoms with Crippen molar-refractivity contribution in [3.8, 4) is 0 Å². The largest absolute Gasteiger partial charge is 0.466 e. The summed E-state index contributed by atoms with van der Waals surface area (Å²) in [7, 11) is 0. The Hall–Kier alpha value is -2.63. The fraction of sp³-hybridized carbons (Fsp3) is 0.761. The number of allylic oxidation sites excluding steroid dienone is 1. The Bertz CT molecular complexity index is 1610. The van der Waals surface area contributed by atoms with Crippen LogP contribution in [0.2, 0.25) is 0 Å². The van der Waals surface area contributed by atoms with Crippen molar-refractivity contribution in [1.82, 2.24) is 4.90 Å². The molecule has 10 atom stereocenters. The van der Waals surface area contributed by atoms with Gasteiger partial charge in [-0.1, -0.05) is 63.3 Å². The van der Waals surface area contributed by atoms with Gasteiger partial charge in [0, 0.05) is 25.4 Å². The van der Waals surface area contributed by atoms with Gasteiger partial charge in [0.15, 0.2) is 0 Å². The Morgan fingerprint density at radius 1 is 0.827 bits per heavy atom. The zero-order chi connectivity index (χ0) is 36.9. The summed E-state index contributed by atoms with van der Waals surface area (Å²) in [4.78, 5) is 43.1. The van der Waals surface area contributed by atoms with E-state index in [1.807, 2.05) is 25.1 Å². The van der Waals surface area contributed by atoms with E-state index in [2.05, 4.69) is 51.3 Å². The smallest absolute Gasteiger partial charge is 0.312 e. The van der Waals surface area contributed by atoms with Gasteiger partial charge in [-0.2, -0.15) is 0 Å². The first-order chi connectivity index (χ1) is 24.7. The summed E-state index contributed by atoms with van der Waals surface area (Å²) in [5.41, 5.74) is 2.52. The molecule has 6 heteroatoms. The fourth-order valence-corrected chi connectivity index (χ4v) is 15.5. The predicted octanol–water partition coefficient (Wildman–Crippen LogP) is 9.35. The first kappa shape index (κ1) is 36.4. The highest BCUT2D eigenvalue weighted by Crippen LogP contribution is 2.88. The van der Waals surface area contributed by atoms with E-state index in [1.165, 1.54) is 44.1 Å². The number of piperidine rings is 1. The van der Waals surface area contributed by atoms with Gasteiger partial charge in [0.1, 0.15) is 6.10 Å². The van der Waals surface area contributed by atoms with Gasteiger partial charge >= 0.3 is 11.9 Å². The van der Waals surface area contributed by atoms with Crippen LogP contribution in [0.15, 0.2) is 42.5 Å². The van der Waals surface area contributed by atoms with Crippen molar-refractivity contribution in [3.63, 3.8) is 0 Å². The lowest BCUT2D eigenvalue weighted by atomic mass is 9.40. The number of carbonyl (C=O) groups is 3. The highest BCUT2D eigenvalue weighted by atomic mass is 16.5. The van der Waals surface area contributed by atoms with Gasteiger partial charge in [-0.3, -0.25) is 14.4 Å². The van der Waals surface area contributed by atoms with Crippen molar-refractivity contribution in [2.75, 3.05) is 19.7 Å². The van der Waals surface area contributed by atoms with Gasteiger partial charge in [-0.25, -0.2) is 0 Å². The van der Waals surface area contributed by atoms with E-state index in [1.54, 1.807) is 6.92 Å². The molecule has 6 saturated carbocycles. The van der Waals surface area contributed by atoms with Crippen molar-refractivity contribution in [2.45, 2.75) is 138 Å². The Kier molecular flexibility index (Phi) is 8.70. The molecule has 1 aliphatic heterocycles. The summed E-state index contributed by atoms with van der Waals surface area (Å²) in [5.74, 6) is 2.76. The third-order valence-electron chi connectivity index (χ3n) is 17.7. The maximum absolute atomic E-state index is 15.2. The van der Waals surface area contributed by atoms with Gasteiger partial charge in [0.2, 0.25) is 5.91 Å². The van der Waals surface area contributed by atoms with E-state index >= 15 is 4.79 Å². The molecule has 0 bridgehead atoms. The fourth-order valence-electron chi connectivity index (χ4n) is 15.5. The van der Waals surface area contributed by atoms with Crippen LogP contribution in [0.5, 0.6) is 0 Å². The molecule has 6 nitrogen and oxygen atoms in total. The molecular weight excluding hydrogens is 647 g/mol. The second-order valence-corrected chi connectivity index (χ2v) is 19.9. The first-order valence-corrected chi connectivity index (χ1v) is 21.0. The zero-order valence-corrected chi connectivity index (χ0v) is 33.1. The van der Waals surface area contributed by atoms with E-state index in [0.717, 1.165) is 37.7 Å². The Labute approximate surface area is 313 Å². The molecule has 1 amide bonds. The van der Waals surface area contributed by atoms with Crippen LogP contribution < -0.4 is 0 Å². The number of carbonyl (C=O) groups excluding carboxylic acids is 3. The van der Waals surface area contributed by atoms with E-state index in [0.29, 0.717) is 85.3 Å². The summed E-state index contributed by atoms with van der Waals surface area (Å²) in [6, 6.07) is 10.3. The minimum absolute atomic E-state index is 0.00771. The maximum atomic E-state index is 15.2. The highest BCUT2D eigenvalue weighted by molar-refractivity contribution is 5.85. The van der Waals surface area contributed by atoms with Gasteiger partial charge in [0.25, 0.3) is 0 Å². The number of hydrogen-bond donors (Lipinski definition) is 0. The second kappa shape index (κ2) is 12.4. The van der Waals surface area contributed by atoms with E-state index in [4.69, 9.17) is 9.47 Å². The summed E-state index contributed by atoms with van der Waals surface area (Å²) < 4.78 is 11.7. The molecule has 284 valence electrons. The van der Waals surface area contributed by atoms with Crippen molar-refractivity contribution >= 4 is 17.8 Å². The highest BCUT2D eigenvalue weighted by Gasteiger charge is 2.82. The molecule has 1 unspecified atom stereocenters.